The van der Waals surface area contributed by atoms with Gasteiger partial charge in [-0.1, -0.05) is 24.8 Å². The highest BCUT2D eigenvalue weighted by Crippen LogP contribution is 2.21. The van der Waals surface area contributed by atoms with Gasteiger partial charge in [0.2, 0.25) is 11.8 Å². The molecule has 1 aromatic carbocycles. The summed E-state index contributed by atoms with van der Waals surface area (Å²) in [6, 6.07) is 8.21. The molecular formula is C19H26N2O4S. The van der Waals surface area contributed by atoms with Gasteiger partial charge in [-0.25, -0.2) is 8.42 Å². The Kier molecular flexibility index (Phi) is 6.97. The molecule has 0 spiro atoms. The summed E-state index contributed by atoms with van der Waals surface area (Å²) in [7, 11) is -3.48. The van der Waals surface area contributed by atoms with Crippen LogP contribution in [0.25, 0.3) is 0 Å². The molecule has 2 rings (SSSR count). The molecule has 0 N–H and O–H groups in total. The zero-order valence-electron chi connectivity index (χ0n) is 15.1. The Bertz CT molecular complexity index is 740. The maximum Gasteiger partial charge on any atom is 0.245 e. The molecule has 0 aliphatic carbocycles. The van der Waals surface area contributed by atoms with Crippen LogP contribution in [0.5, 0.6) is 0 Å². The highest BCUT2D eigenvalue weighted by atomic mass is 32.2. The van der Waals surface area contributed by atoms with Gasteiger partial charge in [0, 0.05) is 30.6 Å². The Morgan fingerprint density at radius 2 is 1.81 bits per heavy atom. The summed E-state index contributed by atoms with van der Waals surface area (Å²) in [6.07, 6.45) is 2.85. The van der Waals surface area contributed by atoms with Gasteiger partial charge in [-0.3, -0.25) is 9.59 Å². The van der Waals surface area contributed by atoms with Crippen molar-refractivity contribution in [2.75, 3.05) is 23.7 Å². The number of carbonyl (C=O) groups excluding carboxylic acids is 2. The average Bonchev–Trinajstić information content (AvgIpc) is 2.67. The number of hydrogen-bond acceptors (Lipinski definition) is 4. The lowest BCUT2D eigenvalue weighted by atomic mass is 10.1. The first-order chi connectivity index (χ1) is 12.4. The first-order valence-electron chi connectivity index (χ1n) is 8.87. The fourth-order valence-corrected chi connectivity index (χ4v) is 3.72. The Labute approximate surface area is 155 Å². The minimum Gasteiger partial charge on any atom is -0.341 e. The van der Waals surface area contributed by atoms with Crippen molar-refractivity contribution in [1.82, 2.24) is 4.90 Å². The maximum absolute atomic E-state index is 12.9. The van der Waals surface area contributed by atoms with Gasteiger partial charge in [-0.2, -0.15) is 0 Å². The molecule has 0 bridgehead atoms. The van der Waals surface area contributed by atoms with Gasteiger partial charge in [-0.05, 0) is 38.3 Å². The monoisotopic (exact) mass is 378 g/mol. The van der Waals surface area contributed by atoms with Crippen molar-refractivity contribution in [3.05, 3.63) is 42.3 Å². The molecule has 0 radical (unpaired) electrons. The van der Waals surface area contributed by atoms with Gasteiger partial charge in [-0.15, -0.1) is 0 Å². The van der Waals surface area contributed by atoms with Crippen LogP contribution in [-0.2, 0) is 19.4 Å². The van der Waals surface area contributed by atoms with E-state index in [1.807, 2.05) is 6.07 Å². The number of amides is 2. The lowest BCUT2D eigenvalue weighted by Gasteiger charge is -2.34. The average molecular weight is 378 g/mol. The smallest absolute Gasteiger partial charge is 0.245 e. The van der Waals surface area contributed by atoms with Gasteiger partial charge in [0.05, 0.1) is 5.75 Å². The van der Waals surface area contributed by atoms with E-state index in [9.17, 15) is 18.0 Å². The molecule has 0 aromatic heterocycles. The molecule has 6 nitrogen and oxygen atoms in total. The topological polar surface area (TPSA) is 74.8 Å². The third-order valence-electron chi connectivity index (χ3n) is 4.57. The molecule has 1 atom stereocenters. The summed E-state index contributed by atoms with van der Waals surface area (Å²) in [6.45, 7) is 6.36. The van der Waals surface area contributed by atoms with Gasteiger partial charge in [0.1, 0.15) is 6.04 Å². The van der Waals surface area contributed by atoms with E-state index in [0.29, 0.717) is 18.8 Å². The molecule has 7 heteroatoms. The van der Waals surface area contributed by atoms with Crippen LogP contribution in [0.15, 0.2) is 42.3 Å². The van der Waals surface area contributed by atoms with Crippen LogP contribution in [0.4, 0.5) is 5.69 Å². The van der Waals surface area contributed by atoms with E-state index in [2.05, 4.69) is 6.58 Å². The second kappa shape index (κ2) is 8.98. The second-order valence-electron chi connectivity index (χ2n) is 6.44. The van der Waals surface area contributed by atoms with Crippen molar-refractivity contribution in [1.29, 1.82) is 0 Å². The number of rotatable bonds is 7. The number of benzene rings is 1. The number of piperidine rings is 1. The molecule has 1 aliphatic rings. The van der Waals surface area contributed by atoms with Crippen LogP contribution in [0.2, 0.25) is 0 Å². The second-order valence-corrected chi connectivity index (χ2v) is 8.51. The van der Waals surface area contributed by atoms with Crippen molar-refractivity contribution in [2.45, 2.75) is 38.6 Å². The van der Waals surface area contributed by atoms with Crippen molar-refractivity contribution < 1.29 is 18.0 Å². The van der Waals surface area contributed by atoms with Crippen LogP contribution in [-0.4, -0.2) is 50.0 Å². The summed E-state index contributed by atoms with van der Waals surface area (Å²) < 4.78 is 23.3. The highest BCUT2D eigenvalue weighted by molar-refractivity contribution is 7.94. The Morgan fingerprint density at radius 3 is 2.38 bits per heavy atom. The first kappa shape index (κ1) is 20.2. The van der Waals surface area contributed by atoms with Crippen LogP contribution < -0.4 is 4.90 Å². The van der Waals surface area contributed by atoms with Gasteiger partial charge in [0.15, 0.2) is 9.84 Å². The summed E-state index contributed by atoms with van der Waals surface area (Å²) in [5.41, 5.74) is 0.589. The lowest BCUT2D eigenvalue weighted by molar-refractivity contribution is -0.135. The van der Waals surface area contributed by atoms with E-state index in [4.69, 9.17) is 0 Å². The van der Waals surface area contributed by atoms with Gasteiger partial charge < -0.3 is 9.80 Å². The number of para-hydroxylation sites is 1. The maximum atomic E-state index is 12.9. The van der Waals surface area contributed by atoms with Crippen LogP contribution in [0.3, 0.4) is 0 Å². The molecular weight excluding hydrogens is 352 g/mol. The normalized spacial score (nSPS) is 16.0. The predicted octanol–water partition coefficient (Wildman–Crippen LogP) is 2.37. The van der Waals surface area contributed by atoms with E-state index in [-0.39, 0.29) is 24.0 Å². The van der Waals surface area contributed by atoms with Gasteiger partial charge >= 0.3 is 0 Å². The summed E-state index contributed by atoms with van der Waals surface area (Å²) in [4.78, 5) is 28.9. The summed E-state index contributed by atoms with van der Waals surface area (Å²) in [5.74, 6) is -0.809. The van der Waals surface area contributed by atoms with E-state index in [1.165, 1.54) is 4.90 Å². The molecule has 0 saturated carbocycles. The van der Waals surface area contributed by atoms with Crippen LogP contribution >= 0.6 is 0 Å². The number of sulfone groups is 1. The SMILES string of the molecule is C=CS(=O)(=O)CCC(=O)N(c1ccccc1)C(C)C(=O)N1CCCCC1. The Balaban J connectivity index is 2.21. The zero-order valence-corrected chi connectivity index (χ0v) is 16.0. The minimum atomic E-state index is -3.48. The lowest BCUT2D eigenvalue weighted by Crippen LogP contribution is -2.51. The van der Waals surface area contributed by atoms with Crippen molar-refractivity contribution >= 4 is 27.3 Å². The number of anilines is 1. The number of likely N-dealkylation sites (tertiary alicyclic amines) is 1. The van der Waals surface area contributed by atoms with E-state index < -0.39 is 15.9 Å². The predicted molar refractivity (Wildman–Crippen MR) is 102 cm³/mol. The van der Waals surface area contributed by atoms with Crippen molar-refractivity contribution in [2.24, 2.45) is 0 Å². The molecule has 1 fully saturated rings. The van der Waals surface area contributed by atoms with Crippen molar-refractivity contribution in [3.63, 3.8) is 0 Å². The molecule has 26 heavy (non-hydrogen) atoms. The number of nitrogens with zero attached hydrogens (tertiary/aromatic N) is 2. The molecule has 142 valence electrons. The third-order valence-corrected chi connectivity index (χ3v) is 5.85. The van der Waals surface area contributed by atoms with E-state index in [0.717, 1.165) is 24.7 Å². The van der Waals surface area contributed by atoms with Crippen LogP contribution in [0.1, 0.15) is 32.6 Å². The standard InChI is InChI=1S/C19H26N2O4S/c1-3-26(24,25)15-12-18(22)21(17-10-6-4-7-11-17)16(2)19(23)20-13-8-5-9-14-20/h3-4,6-7,10-11,16H,1,5,8-9,12-15H2,2H3. The van der Waals surface area contributed by atoms with Gasteiger partial charge in [0.25, 0.3) is 0 Å². The number of hydrogen-bond donors (Lipinski definition) is 0. The highest BCUT2D eigenvalue weighted by Gasteiger charge is 2.31. The molecule has 1 unspecified atom stereocenters. The molecule has 1 saturated heterocycles. The molecule has 1 aliphatic heterocycles. The first-order valence-corrected chi connectivity index (χ1v) is 10.6. The largest absolute Gasteiger partial charge is 0.341 e. The van der Waals surface area contributed by atoms with E-state index in [1.54, 1.807) is 36.1 Å². The van der Waals surface area contributed by atoms with Crippen LogP contribution in [0, 0.1) is 0 Å². The molecule has 1 heterocycles. The third kappa shape index (κ3) is 5.17. The number of carbonyl (C=O) groups is 2. The van der Waals surface area contributed by atoms with E-state index >= 15 is 0 Å². The fraction of sp³-hybridized carbons (Fsp3) is 0.474. The molecule has 1 aromatic rings. The fourth-order valence-electron chi connectivity index (χ4n) is 3.09. The van der Waals surface area contributed by atoms with Crippen molar-refractivity contribution in [3.8, 4) is 0 Å². The zero-order chi connectivity index (χ0) is 19.2. The summed E-state index contributed by atoms with van der Waals surface area (Å²) >= 11 is 0. The minimum absolute atomic E-state index is 0.103. The summed E-state index contributed by atoms with van der Waals surface area (Å²) in [5, 5.41) is 0.857. The molecule has 2 amide bonds. The Hall–Kier alpha value is -2.15. The Morgan fingerprint density at radius 1 is 1.19 bits per heavy atom. The quantitative estimate of drug-likeness (QED) is 0.730.